The normalized spacial score (nSPS) is 22.2. The highest BCUT2D eigenvalue weighted by Gasteiger charge is 2.19. The summed E-state index contributed by atoms with van der Waals surface area (Å²) in [4.78, 5) is 0. The molecule has 1 aromatic carbocycles. The van der Waals surface area contributed by atoms with E-state index in [0.717, 1.165) is 13.0 Å². The van der Waals surface area contributed by atoms with E-state index in [2.05, 4.69) is 50.2 Å². The lowest BCUT2D eigenvalue weighted by Crippen LogP contribution is -2.38. The number of para-hydroxylation sites is 1. The van der Waals surface area contributed by atoms with Crippen molar-refractivity contribution in [3.05, 3.63) is 29.8 Å². The number of rotatable bonds is 0. The van der Waals surface area contributed by atoms with Crippen molar-refractivity contribution in [3.63, 3.8) is 0 Å². The molecule has 0 spiro atoms. The van der Waals surface area contributed by atoms with Crippen LogP contribution in [0.2, 0.25) is 0 Å². The van der Waals surface area contributed by atoms with Crippen molar-refractivity contribution < 1.29 is 0 Å². The molecule has 1 aliphatic rings. The van der Waals surface area contributed by atoms with Crippen molar-refractivity contribution in [3.8, 4) is 0 Å². The maximum absolute atomic E-state index is 5.89. The summed E-state index contributed by atoms with van der Waals surface area (Å²) in [6.45, 7) is 0.956. The lowest BCUT2D eigenvalue weighted by Gasteiger charge is -2.29. The lowest BCUT2D eigenvalue weighted by molar-refractivity contribution is 0.664. The second kappa shape index (κ2) is 3.22. The fraction of sp³-hybridized carbons (Fsp3) is 0.333. The molecule has 3 heteroatoms. The van der Waals surface area contributed by atoms with Crippen molar-refractivity contribution in [2.75, 3.05) is 9.66 Å². The van der Waals surface area contributed by atoms with Gasteiger partial charge in [-0.15, -0.1) is 0 Å². The largest absolute Gasteiger partial charge is 0.326 e. The number of fused-ring (bicyclic) bond motifs is 1. The number of anilines is 1. The third-order valence-electron chi connectivity index (χ3n) is 2.13. The summed E-state index contributed by atoms with van der Waals surface area (Å²) in [6, 6.07) is 8.73. The second-order valence-electron chi connectivity index (χ2n) is 3.14. The highest BCUT2D eigenvalue weighted by molar-refractivity contribution is 14.1. The van der Waals surface area contributed by atoms with Gasteiger partial charge in [0.1, 0.15) is 0 Å². The summed E-state index contributed by atoms with van der Waals surface area (Å²) in [5.74, 6) is 0. The van der Waals surface area contributed by atoms with E-state index in [9.17, 15) is 0 Å². The smallest absolute Gasteiger partial charge is 0.0592 e. The summed E-state index contributed by atoms with van der Waals surface area (Å²) in [5, 5.41) is 0. The molecule has 2 N–H and O–H groups in total. The zero-order chi connectivity index (χ0) is 8.55. The van der Waals surface area contributed by atoms with Gasteiger partial charge in [0.2, 0.25) is 0 Å². The van der Waals surface area contributed by atoms with Gasteiger partial charge in [0.25, 0.3) is 0 Å². The molecule has 1 aliphatic heterocycles. The number of hydrogen-bond acceptors (Lipinski definition) is 2. The maximum Gasteiger partial charge on any atom is 0.0592 e. The van der Waals surface area contributed by atoms with Crippen LogP contribution in [0.5, 0.6) is 0 Å². The van der Waals surface area contributed by atoms with E-state index >= 15 is 0 Å². The number of halogens is 1. The zero-order valence-electron chi connectivity index (χ0n) is 6.70. The standard InChI is InChI=1S/C9H11IN2/c10-12-6-8(11)5-7-3-1-2-4-9(7)12/h1-4,8H,5-6,11H2. The average molecular weight is 274 g/mol. The Morgan fingerprint density at radius 3 is 3.00 bits per heavy atom. The molecule has 1 unspecified atom stereocenters. The van der Waals surface area contributed by atoms with E-state index in [4.69, 9.17) is 5.73 Å². The first-order valence-corrected chi connectivity index (χ1v) is 5.00. The van der Waals surface area contributed by atoms with Gasteiger partial charge >= 0.3 is 0 Å². The Morgan fingerprint density at radius 1 is 1.42 bits per heavy atom. The molecule has 0 aromatic heterocycles. The van der Waals surface area contributed by atoms with Crippen LogP contribution in [-0.4, -0.2) is 12.6 Å². The first-order valence-electron chi connectivity index (χ1n) is 4.04. The van der Waals surface area contributed by atoms with Crippen LogP contribution in [0.1, 0.15) is 5.56 Å². The summed E-state index contributed by atoms with van der Waals surface area (Å²) in [6.07, 6.45) is 1.01. The lowest BCUT2D eigenvalue weighted by atomic mass is 10.0. The number of benzene rings is 1. The van der Waals surface area contributed by atoms with Crippen LogP contribution in [0.25, 0.3) is 0 Å². The minimum Gasteiger partial charge on any atom is -0.326 e. The Bertz CT molecular complexity index is 288. The Hall–Kier alpha value is -0.290. The van der Waals surface area contributed by atoms with Gasteiger partial charge in [-0.05, 0) is 18.1 Å². The number of hydrogen-bond donors (Lipinski definition) is 1. The van der Waals surface area contributed by atoms with Crippen LogP contribution in [0.4, 0.5) is 5.69 Å². The molecule has 0 radical (unpaired) electrons. The van der Waals surface area contributed by atoms with Gasteiger partial charge < -0.3 is 8.85 Å². The molecule has 2 rings (SSSR count). The van der Waals surface area contributed by atoms with Crippen LogP contribution < -0.4 is 8.85 Å². The number of nitrogens with zero attached hydrogens (tertiary/aromatic N) is 1. The van der Waals surface area contributed by atoms with Crippen molar-refractivity contribution >= 4 is 28.6 Å². The molecule has 0 amide bonds. The molecule has 0 aliphatic carbocycles. The zero-order valence-corrected chi connectivity index (χ0v) is 8.86. The number of nitrogens with two attached hydrogens (primary N) is 1. The summed E-state index contributed by atoms with van der Waals surface area (Å²) < 4.78 is 2.20. The Labute approximate surface area is 86.2 Å². The van der Waals surface area contributed by atoms with Gasteiger partial charge in [-0.2, -0.15) is 0 Å². The van der Waals surface area contributed by atoms with Gasteiger partial charge in [0.15, 0.2) is 0 Å². The van der Waals surface area contributed by atoms with Crippen LogP contribution in [-0.2, 0) is 6.42 Å². The van der Waals surface area contributed by atoms with Crippen molar-refractivity contribution in [1.29, 1.82) is 0 Å². The highest BCUT2D eigenvalue weighted by atomic mass is 127. The third kappa shape index (κ3) is 1.43. The van der Waals surface area contributed by atoms with E-state index in [0.29, 0.717) is 0 Å². The van der Waals surface area contributed by atoms with Gasteiger partial charge in [0.05, 0.1) is 22.9 Å². The summed E-state index contributed by atoms with van der Waals surface area (Å²) in [7, 11) is 0. The van der Waals surface area contributed by atoms with Gasteiger partial charge in [0, 0.05) is 18.3 Å². The minimum atomic E-state index is 0.289. The van der Waals surface area contributed by atoms with Gasteiger partial charge in [-0.1, -0.05) is 18.2 Å². The van der Waals surface area contributed by atoms with Crippen molar-refractivity contribution in [2.24, 2.45) is 5.73 Å². The van der Waals surface area contributed by atoms with Crippen LogP contribution >= 0.6 is 22.9 Å². The predicted molar refractivity (Wildman–Crippen MR) is 59.5 cm³/mol. The van der Waals surface area contributed by atoms with E-state index in [-0.39, 0.29) is 6.04 Å². The molecule has 1 aromatic rings. The van der Waals surface area contributed by atoms with Crippen molar-refractivity contribution in [2.45, 2.75) is 12.5 Å². The Morgan fingerprint density at radius 2 is 2.17 bits per heavy atom. The van der Waals surface area contributed by atoms with Gasteiger partial charge in [-0.3, -0.25) is 0 Å². The van der Waals surface area contributed by atoms with E-state index in [1.54, 1.807) is 0 Å². The van der Waals surface area contributed by atoms with Crippen LogP contribution in [0.3, 0.4) is 0 Å². The fourth-order valence-electron chi connectivity index (χ4n) is 1.57. The molecule has 0 bridgehead atoms. The second-order valence-corrected chi connectivity index (χ2v) is 4.30. The predicted octanol–water partition coefficient (Wildman–Crippen LogP) is 1.73. The highest BCUT2D eigenvalue weighted by Crippen LogP contribution is 2.28. The minimum absolute atomic E-state index is 0.289. The Balaban J connectivity index is 2.40. The first-order chi connectivity index (χ1) is 5.77. The van der Waals surface area contributed by atoms with Gasteiger partial charge in [-0.25, -0.2) is 0 Å². The molecular weight excluding hydrogens is 263 g/mol. The fourth-order valence-corrected chi connectivity index (χ4v) is 2.55. The van der Waals surface area contributed by atoms with Crippen LogP contribution in [0.15, 0.2) is 24.3 Å². The molecular formula is C9H11IN2. The monoisotopic (exact) mass is 274 g/mol. The Kier molecular flexibility index (Phi) is 2.23. The van der Waals surface area contributed by atoms with Crippen LogP contribution in [0, 0.1) is 0 Å². The van der Waals surface area contributed by atoms with E-state index < -0.39 is 0 Å². The third-order valence-corrected chi connectivity index (χ3v) is 3.04. The summed E-state index contributed by atoms with van der Waals surface area (Å²) >= 11 is 2.32. The maximum atomic E-state index is 5.89. The molecule has 0 saturated carbocycles. The molecule has 2 nitrogen and oxygen atoms in total. The molecule has 12 heavy (non-hydrogen) atoms. The first kappa shape index (κ1) is 8.31. The molecule has 0 fully saturated rings. The molecule has 64 valence electrons. The van der Waals surface area contributed by atoms with Crippen molar-refractivity contribution in [1.82, 2.24) is 0 Å². The summed E-state index contributed by atoms with van der Waals surface area (Å²) in [5.41, 5.74) is 8.58. The van der Waals surface area contributed by atoms with E-state index in [1.807, 2.05) is 0 Å². The molecule has 1 atom stereocenters. The topological polar surface area (TPSA) is 29.3 Å². The average Bonchev–Trinajstić information content (AvgIpc) is 2.04. The molecule has 0 saturated heterocycles. The SMILES string of the molecule is NC1Cc2ccccc2N(I)C1. The van der Waals surface area contributed by atoms with E-state index in [1.165, 1.54) is 11.3 Å². The quantitative estimate of drug-likeness (QED) is 0.576. The molecule has 1 heterocycles.